The molecule has 1 saturated heterocycles. The number of hydrogen-bond acceptors (Lipinski definition) is 3. The van der Waals surface area contributed by atoms with Crippen LogP contribution in [-0.2, 0) is 6.42 Å². The number of aliphatic imine (C=N–C) groups is 1. The number of furan rings is 1. The summed E-state index contributed by atoms with van der Waals surface area (Å²) in [5.41, 5.74) is 1.07. The Bertz CT molecular complexity index is 450. The SMILES string of the molecule is C=C(C)CN=C(NCCc1ccco1)NC1CCCSC1. The highest BCUT2D eigenvalue weighted by molar-refractivity contribution is 7.99. The summed E-state index contributed by atoms with van der Waals surface area (Å²) in [6.45, 7) is 7.39. The molecule has 1 unspecified atom stereocenters. The molecule has 2 rings (SSSR count). The number of rotatable bonds is 6. The van der Waals surface area contributed by atoms with Crippen LogP contribution in [0.25, 0.3) is 0 Å². The Kier molecular flexibility index (Phi) is 6.73. The van der Waals surface area contributed by atoms with Gasteiger partial charge in [-0.3, -0.25) is 0 Å². The molecular weight excluding hydrogens is 282 g/mol. The second-order valence-electron chi connectivity index (χ2n) is 5.44. The summed E-state index contributed by atoms with van der Waals surface area (Å²) in [4.78, 5) is 4.59. The lowest BCUT2D eigenvalue weighted by molar-refractivity contribution is 0.505. The van der Waals surface area contributed by atoms with Gasteiger partial charge < -0.3 is 15.1 Å². The molecule has 1 aromatic heterocycles. The van der Waals surface area contributed by atoms with E-state index in [4.69, 9.17) is 4.42 Å². The third kappa shape index (κ3) is 6.29. The highest BCUT2D eigenvalue weighted by Crippen LogP contribution is 2.16. The smallest absolute Gasteiger partial charge is 0.191 e. The fraction of sp³-hybridized carbons (Fsp3) is 0.562. The van der Waals surface area contributed by atoms with Gasteiger partial charge >= 0.3 is 0 Å². The van der Waals surface area contributed by atoms with Gasteiger partial charge in [0, 0.05) is 24.8 Å². The maximum Gasteiger partial charge on any atom is 0.191 e. The Labute approximate surface area is 131 Å². The monoisotopic (exact) mass is 307 g/mol. The summed E-state index contributed by atoms with van der Waals surface area (Å²) in [6, 6.07) is 4.43. The molecule has 21 heavy (non-hydrogen) atoms. The van der Waals surface area contributed by atoms with Crippen molar-refractivity contribution in [3.05, 3.63) is 36.3 Å². The quantitative estimate of drug-likeness (QED) is 0.482. The van der Waals surface area contributed by atoms with Crippen LogP contribution in [0.3, 0.4) is 0 Å². The average Bonchev–Trinajstić information content (AvgIpc) is 2.99. The number of hydrogen-bond donors (Lipinski definition) is 2. The van der Waals surface area contributed by atoms with Gasteiger partial charge in [-0.05, 0) is 37.7 Å². The van der Waals surface area contributed by atoms with E-state index < -0.39 is 0 Å². The largest absolute Gasteiger partial charge is 0.469 e. The van der Waals surface area contributed by atoms with Crippen LogP contribution in [-0.4, -0.2) is 36.6 Å². The van der Waals surface area contributed by atoms with Crippen molar-refractivity contribution in [2.45, 2.75) is 32.2 Å². The van der Waals surface area contributed by atoms with Gasteiger partial charge in [0.1, 0.15) is 5.76 Å². The van der Waals surface area contributed by atoms with E-state index in [1.807, 2.05) is 30.8 Å². The van der Waals surface area contributed by atoms with E-state index in [-0.39, 0.29) is 0 Å². The Balaban J connectivity index is 1.82. The van der Waals surface area contributed by atoms with Gasteiger partial charge in [-0.2, -0.15) is 11.8 Å². The Hall–Kier alpha value is -1.36. The molecule has 0 aliphatic carbocycles. The van der Waals surface area contributed by atoms with Crippen molar-refractivity contribution in [3.63, 3.8) is 0 Å². The van der Waals surface area contributed by atoms with Gasteiger partial charge in [-0.25, -0.2) is 4.99 Å². The van der Waals surface area contributed by atoms with Crippen LogP contribution in [0.4, 0.5) is 0 Å². The van der Waals surface area contributed by atoms with Crippen molar-refractivity contribution in [2.75, 3.05) is 24.6 Å². The zero-order valence-corrected chi connectivity index (χ0v) is 13.5. The first kappa shape index (κ1) is 16.0. The highest BCUT2D eigenvalue weighted by atomic mass is 32.2. The lowest BCUT2D eigenvalue weighted by Gasteiger charge is -2.24. The number of thioether (sulfide) groups is 1. The molecule has 5 heteroatoms. The van der Waals surface area contributed by atoms with Crippen LogP contribution < -0.4 is 10.6 Å². The Morgan fingerprint density at radius 3 is 3.14 bits per heavy atom. The van der Waals surface area contributed by atoms with Crippen molar-refractivity contribution in [1.29, 1.82) is 0 Å². The van der Waals surface area contributed by atoms with E-state index in [0.29, 0.717) is 12.6 Å². The van der Waals surface area contributed by atoms with Gasteiger partial charge in [0.05, 0.1) is 12.8 Å². The van der Waals surface area contributed by atoms with Crippen LogP contribution >= 0.6 is 11.8 Å². The number of nitrogens with zero attached hydrogens (tertiary/aromatic N) is 1. The Morgan fingerprint density at radius 2 is 2.48 bits per heavy atom. The third-order valence-electron chi connectivity index (χ3n) is 3.25. The second kappa shape index (κ2) is 8.82. The zero-order valence-electron chi connectivity index (χ0n) is 12.7. The molecule has 0 aromatic carbocycles. The number of nitrogens with one attached hydrogen (secondary N) is 2. The molecule has 0 amide bonds. The molecule has 1 atom stereocenters. The maximum atomic E-state index is 5.35. The van der Waals surface area contributed by atoms with Gasteiger partial charge in [0.2, 0.25) is 0 Å². The van der Waals surface area contributed by atoms with Crippen molar-refractivity contribution < 1.29 is 4.42 Å². The molecule has 0 bridgehead atoms. The predicted octanol–water partition coefficient (Wildman–Crippen LogP) is 2.83. The van der Waals surface area contributed by atoms with Crippen molar-refractivity contribution in [2.24, 2.45) is 4.99 Å². The van der Waals surface area contributed by atoms with Gasteiger partial charge in [0.15, 0.2) is 5.96 Å². The normalized spacial score (nSPS) is 19.3. The maximum absolute atomic E-state index is 5.35. The van der Waals surface area contributed by atoms with Gasteiger partial charge in [-0.15, -0.1) is 0 Å². The van der Waals surface area contributed by atoms with Crippen LogP contribution in [0.1, 0.15) is 25.5 Å². The van der Waals surface area contributed by atoms with E-state index in [2.05, 4.69) is 22.2 Å². The summed E-state index contributed by atoms with van der Waals surface area (Å²) in [7, 11) is 0. The predicted molar refractivity (Wildman–Crippen MR) is 91.0 cm³/mol. The molecule has 0 radical (unpaired) electrons. The zero-order chi connectivity index (χ0) is 14.9. The second-order valence-corrected chi connectivity index (χ2v) is 6.59. The summed E-state index contributed by atoms with van der Waals surface area (Å²) in [5.74, 6) is 4.32. The molecule has 2 N–H and O–H groups in total. The van der Waals surface area contributed by atoms with E-state index in [9.17, 15) is 0 Å². The lowest BCUT2D eigenvalue weighted by atomic mass is 10.2. The minimum Gasteiger partial charge on any atom is -0.469 e. The van der Waals surface area contributed by atoms with Gasteiger partial charge in [-0.1, -0.05) is 12.2 Å². The van der Waals surface area contributed by atoms with Gasteiger partial charge in [0.25, 0.3) is 0 Å². The van der Waals surface area contributed by atoms with Crippen molar-refractivity contribution in [3.8, 4) is 0 Å². The molecule has 1 aliphatic rings. The molecule has 2 heterocycles. The number of guanidine groups is 1. The Morgan fingerprint density at radius 1 is 1.57 bits per heavy atom. The van der Waals surface area contributed by atoms with E-state index in [0.717, 1.165) is 36.0 Å². The lowest BCUT2D eigenvalue weighted by Crippen LogP contribution is -2.46. The molecular formula is C16H25N3OS. The minimum atomic E-state index is 0.517. The highest BCUT2D eigenvalue weighted by Gasteiger charge is 2.14. The van der Waals surface area contributed by atoms with Crippen LogP contribution in [0.15, 0.2) is 40.0 Å². The standard InChI is InChI=1S/C16H25N3OS/c1-13(2)11-18-16(19-14-5-4-10-21-12-14)17-8-7-15-6-3-9-20-15/h3,6,9,14H,1,4-5,7-8,10-12H2,2H3,(H2,17,18,19). The molecule has 1 fully saturated rings. The molecule has 116 valence electrons. The van der Waals surface area contributed by atoms with Crippen molar-refractivity contribution >= 4 is 17.7 Å². The van der Waals surface area contributed by atoms with E-state index >= 15 is 0 Å². The average molecular weight is 307 g/mol. The van der Waals surface area contributed by atoms with E-state index in [1.54, 1.807) is 6.26 Å². The van der Waals surface area contributed by atoms with Crippen LogP contribution in [0.5, 0.6) is 0 Å². The van der Waals surface area contributed by atoms with Crippen molar-refractivity contribution in [1.82, 2.24) is 10.6 Å². The van der Waals surface area contributed by atoms with Crippen LogP contribution in [0, 0.1) is 0 Å². The fourth-order valence-electron chi connectivity index (χ4n) is 2.17. The topological polar surface area (TPSA) is 49.6 Å². The molecule has 1 aliphatic heterocycles. The first-order valence-corrected chi connectivity index (χ1v) is 8.69. The first-order chi connectivity index (χ1) is 10.2. The molecule has 0 spiro atoms. The van der Waals surface area contributed by atoms with Crippen LogP contribution in [0.2, 0.25) is 0 Å². The van der Waals surface area contributed by atoms with E-state index in [1.165, 1.54) is 18.6 Å². The molecule has 0 saturated carbocycles. The molecule has 4 nitrogen and oxygen atoms in total. The first-order valence-electron chi connectivity index (χ1n) is 7.53. The third-order valence-corrected chi connectivity index (χ3v) is 4.47. The fourth-order valence-corrected chi connectivity index (χ4v) is 3.25. The summed E-state index contributed by atoms with van der Waals surface area (Å²) < 4.78 is 5.35. The molecule has 1 aromatic rings. The minimum absolute atomic E-state index is 0.517. The summed E-state index contributed by atoms with van der Waals surface area (Å²) in [6.07, 6.45) is 5.07. The summed E-state index contributed by atoms with van der Waals surface area (Å²) >= 11 is 2.01. The summed E-state index contributed by atoms with van der Waals surface area (Å²) in [5, 5.41) is 6.93.